The molecule has 0 N–H and O–H groups in total. The molecule has 0 spiro atoms. The van der Waals surface area contributed by atoms with Gasteiger partial charge in [0, 0.05) is 5.41 Å². The second-order valence-electron chi connectivity index (χ2n) is 12.1. The zero-order valence-corrected chi connectivity index (χ0v) is 25.5. The van der Waals surface area contributed by atoms with Gasteiger partial charge in [-0.25, -0.2) is 9.13 Å². The molecule has 0 amide bonds. The highest BCUT2D eigenvalue weighted by molar-refractivity contribution is 5.30. The van der Waals surface area contributed by atoms with Crippen molar-refractivity contribution in [1.82, 2.24) is 4.57 Å². The lowest BCUT2D eigenvalue weighted by molar-refractivity contribution is -0.697. The Morgan fingerprint density at radius 1 is 0.667 bits per heavy atom. The molecule has 2 aromatic carbocycles. The highest BCUT2D eigenvalue weighted by Crippen LogP contribution is 2.41. The molecule has 2 heteroatoms. The molecule has 2 nitrogen and oxygen atoms in total. The van der Waals surface area contributed by atoms with Crippen LogP contribution in [-0.2, 0) is 18.4 Å². The fourth-order valence-corrected chi connectivity index (χ4v) is 6.32. The van der Waals surface area contributed by atoms with Gasteiger partial charge in [0.15, 0.2) is 0 Å². The van der Waals surface area contributed by atoms with E-state index in [-0.39, 0.29) is 5.41 Å². The summed E-state index contributed by atoms with van der Waals surface area (Å²) in [5, 5.41) is 0. The summed E-state index contributed by atoms with van der Waals surface area (Å²) >= 11 is 0. The molecule has 0 aliphatic heterocycles. The predicted octanol–water partition coefficient (Wildman–Crippen LogP) is 10.4. The van der Waals surface area contributed by atoms with Crippen LogP contribution in [0.15, 0.2) is 79.4 Å². The minimum atomic E-state index is 0.0152. The molecule has 2 unspecified atom stereocenters. The number of imidazole rings is 1. The Morgan fingerprint density at radius 2 is 1.21 bits per heavy atom. The summed E-state index contributed by atoms with van der Waals surface area (Å²) in [6.45, 7) is 8.22. The first-order chi connectivity index (χ1) is 19.2. The minimum Gasteiger partial charge on any atom is -0.237 e. The number of unbranched alkanes of at least 4 members (excludes halogenated alkanes) is 12. The Labute approximate surface area is 240 Å². The van der Waals surface area contributed by atoms with Crippen LogP contribution in [0.3, 0.4) is 0 Å². The van der Waals surface area contributed by atoms with Crippen molar-refractivity contribution in [1.29, 1.82) is 0 Å². The van der Waals surface area contributed by atoms with Crippen molar-refractivity contribution in [2.45, 2.75) is 142 Å². The number of aryl methyl sites for hydroxylation is 1. The smallest absolute Gasteiger partial charge is 0.237 e. The molecule has 1 aromatic heterocycles. The second kappa shape index (κ2) is 18.1. The number of hydrogen-bond donors (Lipinski definition) is 0. The van der Waals surface area contributed by atoms with Gasteiger partial charge in [-0.05, 0) is 43.2 Å². The lowest BCUT2D eigenvalue weighted by Gasteiger charge is -2.37. The summed E-state index contributed by atoms with van der Waals surface area (Å²) in [6, 6.07) is 22.9. The van der Waals surface area contributed by atoms with Gasteiger partial charge in [-0.2, -0.15) is 0 Å². The van der Waals surface area contributed by atoms with Crippen molar-refractivity contribution >= 4 is 0 Å². The Balaban J connectivity index is 1.69. The summed E-state index contributed by atoms with van der Waals surface area (Å²) in [4.78, 5) is 0. The quantitative estimate of drug-likeness (QED) is 0.0958. The average Bonchev–Trinajstić information content (AvgIpc) is 3.43. The van der Waals surface area contributed by atoms with Crippen molar-refractivity contribution in [2.75, 3.05) is 0 Å². The van der Waals surface area contributed by atoms with Crippen LogP contribution in [0.2, 0.25) is 0 Å². The van der Waals surface area contributed by atoms with E-state index < -0.39 is 0 Å². The minimum absolute atomic E-state index is 0.0152. The lowest BCUT2D eigenvalue weighted by Crippen LogP contribution is -2.38. The van der Waals surface area contributed by atoms with Gasteiger partial charge in [-0.1, -0.05) is 152 Å². The molecule has 0 saturated heterocycles. The van der Waals surface area contributed by atoms with Crippen molar-refractivity contribution in [3.8, 4) is 0 Å². The van der Waals surface area contributed by atoms with E-state index in [2.05, 4.69) is 109 Å². The van der Waals surface area contributed by atoms with Crippen LogP contribution >= 0.6 is 0 Å². The highest BCUT2D eigenvalue weighted by atomic mass is 15.1. The number of benzene rings is 2. The molecule has 0 aliphatic rings. The SMILES string of the molecule is CCCCCCCCCCCCCC(n1cc[n+](CCCCC)c1)C(C)(Cc1ccccc1)c1ccccc1. The Bertz CT molecular complexity index is 993. The molecule has 0 saturated carbocycles. The maximum Gasteiger partial charge on any atom is 0.244 e. The van der Waals surface area contributed by atoms with Gasteiger partial charge in [0.05, 0.1) is 6.54 Å². The molecule has 0 fully saturated rings. The molecule has 3 aromatic rings. The molecule has 3 rings (SSSR count). The zero-order valence-electron chi connectivity index (χ0n) is 25.5. The van der Waals surface area contributed by atoms with E-state index in [9.17, 15) is 0 Å². The van der Waals surface area contributed by atoms with E-state index in [1.54, 1.807) is 0 Å². The van der Waals surface area contributed by atoms with Crippen LogP contribution in [0.4, 0.5) is 0 Å². The molecule has 214 valence electrons. The van der Waals surface area contributed by atoms with E-state index in [4.69, 9.17) is 0 Å². The van der Waals surface area contributed by atoms with Gasteiger partial charge < -0.3 is 0 Å². The van der Waals surface area contributed by atoms with Crippen molar-refractivity contribution in [2.24, 2.45) is 0 Å². The van der Waals surface area contributed by atoms with E-state index >= 15 is 0 Å². The summed E-state index contributed by atoms with van der Waals surface area (Å²) in [6.07, 6.45) is 28.5. The normalized spacial score (nSPS) is 13.8. The van der Waals surface area contributed by atoms with Crippen LogP contribution in [-0.4, -0.2) is 4.57 Å². The average molecular weight is 530 g/mol. The van der Waals surface area contributed by atoms with Crippen molar-refractivity contribution in [3.05, 3.63) is 90.5 Å². The Kier molecular flexibility index (Phi) is 14.5. The standard InChI is InChI=1S/C37H57N2/c1-4-6-8-9-10-11-12-13-14-15-22-28-36(39-31-30-38(33-39)29-23-7-5-2)37(3,35-26-20-17-21-27-35)32-34-24-18-16-19-25-34/h16-21,24-27,30-31,33,36H,4-15,22-23,28-29,32H2,1-3H3/q+1. The largest absolute Gasteiger partial charge is 0.244 e. The van der Waals surface area contributed by atoms with Crippen molar-refractivity contribution < 1.29 is 4.57 Å². The van der Waals surface area contributed by atoms with Crippen molar-refractivity contribution in [3.63, 3.8) is 0 Å². The first-order valence-electron chi connectivity index (χ1n) is 16.3. The summed E-state index contributed by atoms with van der Waals surface area (Å²) < 4.78 is 4.97. The maximum absolute atomic E-state index is 2.55. The van der Waals surface area contributed by atoms with E-state index in [1.165, 1.54) is 107 Å². The molecular formula is C37H57N2+. The third-order valence-corrected chi connectivity index (χ3v) is 8.76. The summed E-state index contributed by atoms with van der Waals surface area (Å²) in [5.41, 5.74) is 2.89. The molecule has 0 bridgehead atoms. The zero-order chi connectivity index (χ0) is 27.6. The van der Waals surface area contributed by atoms with Gasteiger partial charge in [-0.15, -0.1) is 0 Å². The first kappa shape index (κ1) is 31.2. The fourth-order valence-electron chi connectivity index (χ4n) is 6.32. The fraction of sp³-hybridized carbons (Fsp3) is 0.595. The molecule has 0 aliphatic carbocycles. The molecule has 39 heavy (non-hydrogen) atoms. The number of hydrogen-bond acceptors (Lipinski definition) is 0. The Morgan fingerprint density at radius 3 is 1.82 bits per heavy atom. The Hall–Kier alpha value is -2.35. The van der Waals surface area contributed by atoms with E-state index in [0.29, 0.717) is 6.04 Å². The first-order valence-corrected chi connectivity index (χ1v) is 16.3. The van der Waals surface area contributed by atoms with Gasteiger partial charge in [0.2, 0.25) is 6.33 Å². The van der Waals surface area contributed by atoms with Crippen LogP contribution in [0.1, 0.15) is 134 Å². The molecule has 1 heterocycles. The molecule has 2 atom stereocenters. The van der Waals surface area contributed by atoms with Crippen LogP contribution in [0.5, 0.6) is 0 Å². The highest BCUT2D eigenvalue weighted by Gasteiger charge is 2.40. The number of aromatic nitrogens is 2. The number of nitrogens with zero attached hydrogens (tertiary/aromatic N) is 2. The van der Waals surface area contributed by atoms with Gasteiger partial charge in [0.1, 0.15) is 18.4 Å². The van der Waals surface area contributed by atoms with E-state index in [0.717, 1.165) is 13.0 Å². The monoisotopic (exact) mass is 529 g/mol. The third kappa shape index (κ3) is 10.6. The second-order valence-corrected chi connectivity index (χ2v) is 12.1. The molecular weight excluding hydrogens is 472 g/mol. The van der Waals surface area contributed by atoms with Crippen LogP contribution in [0.25, 0.3) is 0 Å². The molecule has 0 radical (unpaired) electrons. The third-order valence-electron chi connectivity index (χ3n) is 8.76. The van der Waals surface area contributed by atoms with Crippen LogP contribution < -0.4 is 4.57 Å². The maximum atomic E-state index is 2.55. The lowest BCUT2D eigenvalue weighted by atomic mass is 9.70. The van der Waals surface area contributed by atoms with E-state index in [1.807, 2.05) is 0 Å². The van der Waals surface area contributed by atoms with Gasteiger partial charge in [0.25, 0.3) is 0 Å². The summed E-state index contributed by atoms with van der Waals surface area (Å²) in [7, 11) is 0. The van der Waals surface area contributed by atoms with Crippen LogP contribution in [0, 0.1) is 0 Å². The number of rotatable bonds is 21. The van der Waals surface area contributed by atoms with Gasteiger partial charge >= 0.3 is 0 Å². The predicted molar refractivity (Wildman–Crippen MR) is 168 cm³/mol. The summed E-state index contributed by atoms with van der Waals surface area (Å²) in [5.74, 6) is 0. The topological polar surface area (TPSA) is 8.81 Å². The van der Waals surface area contributed by atoms with Gasteiger partial charge in [-0.3, -0.25) is 0 Å².